The lowest BCUT2D eigenvalue weighted by Gasteiger charge is -2.42. The van der Waals surface area contributed by atoms with Crippen LogP contribution in [-0.2, 0) is 17.3 Å². The van der Waals surface area contributed by atoms with Gasteiger partial charge in [0.15, 0.2) is 5.17 Å². The summed E-state index contributed by atoms with van der Waals surface area (Å²) in [7, 11) is 1.80. The summed E-state index contributed by atoms with van der Waals surface area (Å²) in [5.41, 5.74) is 13.9. The van der Waals surface area contributed by atoms with Crippen molar-refractivity contribution < 1.29 is 0 Å². The monoisotopic (exact) mass is 423 g/mol. The first-order valence-corrected chi connectivity index (χ1v) is 9.70. The van der Waals surface area contributed by atoms with Crippen LogP contribution in [0.1, 0.15) is 69.7 Å². The van der Waals surface area contributed by atoms with Gasteiger partial charge >= 0.3 is 0 Å². The highest BCUT2D eigenvalue weighted by Gasteiger charge is 2.37. The van der Waals surface area contributed by atoms with Gasteiger partial charge in [0.2, 0.25) is 0 Å². The highest BCUT2D eigenvalue weighted by molar-refractivity contribution is 8.93. The van der Waals surface area contributed by atoms with Crippen LogP contribution in [0, 0.1) is 0 Å². The van der Waals surface area contributed by atoms with E-state index in [1.165, 1.54) is 35.1 Å². The summed E-state index contributed by atoms with van der Waals surface area (Å²) in [6.45, 7) is 11.8. The minimum absolute atomic E-state index is 0. The summed E-state index contributed by atoms with van der Waals surface area (Å²) in [6.07, 6.45) is 3.53. The molecule has 1 aromatic carbocycles. The van der Waals surface area contributed by atoms with Crippen LogP contribution in [0.4, 0.5) is 0 Å². The Labute approximate surface area is 166 Å². The fourth-order valence-electron chi connectivity index (χ4n) is 3.74. The van der Waals surface area contributed by atoms with Crippen LogP contribution >= 0.6 is 28.7 Å². The van der Waals surface area contributed by atoms with E-state index in [0.29, 0.717) is 0 Å². The molecule has 1 aliphatic heterocycles. The Hall–Kier alpha value is -0.940. The van der Waals surface area contributed by atoms with Gasteiger partial charge in [0.25, 0.3) is 0 Å². The SMILES string of the molecule is Br.CCc1cc2c(cc1C1=CSC(=NC)NN1)C(C)(C)CCC2(C)C. The number of nitrogens with one attached hydrogen (secondary N) is 2. The Morgan fingerprint density at radius 2 is 1.64 bits per heavy atom. The molecule has 2 N–H and O–H groups in total. The number of hydrogen-bond acceptors (Lipinski definition) is 3. The molecule has 0 bridgehead atoms. The average molecular weight is 424 g/mol. The van der Waals surface area contributed by atoms with E-state index in [2.05, 4.69) is 68.0 Å². The molecule has 0 atom stereocenters. The molecular formula is C20H30BrN3S. The van der Waals surface area contributed by atoms with Crippen LogP contribution in [-0.4, -0.2) is 12.2 Å². The van der Waals surface area contributed by atoms with Crippen molar-refractivity contribution in [3.05, 3.63) is 39.8 Å². The minimum atomic E-state index is 0. The molecule has 2 aliphatic rings. The van der Waals surface area contributed by atoms with Crippen molar-refractivity contribution in [2.75, 3.05) is 7.05 Å². The topological polar surface area (TPSA) is 36.4 Å². The standard InChI is InChI=1S/C20H29N3S.BrH/c1-7-13-10-15-16(20(4,5)9-8-19(15,2)3)11-14(13)17-12-24-18(21-6)23-22-17;/h10-12,22H,7-9H2,1-6H3,(H,21,23);1H. The number of rotatable bonds is 2. The van der Waals surface area contributed by atoms with Gasteiger partial charge in [-0.3, -0.25) is 15.8 Å². The number of aryl methyl sites for hydroxylation is 1. The van der Waals surface area contributed by atoms with E-state index in [4.69, 9.17) is 0 Å². The Kier molecular flexibility index (Phi) is 5.99. The van der Waals surface area contributed by atoms with Gasteiger partial charge < -0.3 is 0 Å². The fraction of sp³-hybridized carbons (Fsp3) is 0.550. The number of hydrazine groups is 1. The Bertz CT molecular complexity index is 720. The molecule has 0 amide bonds. The van der Waals surface area contributed by atoms with Gasteiger partial charge in [-0.1, -0.05) is 52.4 Å². The molecule has 0 saturated carbocycles. The third-order valence-corrected chi connectivity index (χ3v) is 6.40. The molecule has 1 heterocycles. The van der Waals surface area contributed by atoms with Crippen molar-refractivity contribution in [2.24, 2.45) is 4.99 Å². The van der Waals surface area contributed by atoms with E-state index in [1.807, 2.05) is 0 Å². The van der Waals surface area contributed by atoms with Crippen molar-refractivity contribution in [1.29, 1.82) is 0 Å². The molecule has 3 nitrogen and oxygen atoms in total. The molecule has 138 valence electrons. The summed E-state index contributed by atoms with van der Waals surface area (Å²) in [5.74, 6) is 0. The summed E-state index contributed by atoms with van der Waals surface area (Å²) in [4.78, 5) is 4.19. The first-order valence-electron chi connectivity index (χ1n) is 8.82. The highest BCUT2D eigenvalue weighted by Crippen LogP contribution is 2.47. The summed E-state index contributed by atoms with van der Waals surface area (Å²) >= 11 is 1.64. The summed E-state index contributed by atoms with van der Waals surface area (Å²) < 4.78 is 0. The van der Waals surface area contributed by atoms with Crippen LogP contribution in [0.2, 0.25) is 0 Å². The molecule has 5 heteroatoms. The molecule has 1 aromatic rings. The smallest absolute Gasteiger partial charge is 0.179 e. The zero-order valence-corrected chi connectivity index (χ0v) is 18.6. The summed E-state index contributed by atoms with van der Waals surface area (Å²) in [6, 6.07) is 4.90. The van der Waals surface area contributed by atoms with E-state index in [0.717, 1.165) is 17.3 Å². The second-order valence-corrected chi connectivity index (χ2v) is 8.96. The first-order chi connectivity index (χ1) is 11.3. The second-order valence-electron chi connectivity index (χ2n) is 8.10. The quantitative estimate of drug-likeness (QED) is 0.676. The molecule has 3 rings (SSSR count). The average Bonchev–Trinajstić information content (AvgIpc) is 2.58. The number of nitrogens with zero attached hydrogens (tertiary/aromatic N) is 1. The van der Waals surface area contributed by atoms with E-state index >= 15 is 0 Å². The molecule has 25 heavy (non-hydrogen) atoms. The van der Waals surface area contributed by atoms with Crippen molar-refractivity contribution >= 4 is 39.6 Å². The number of amidine groups is 1. The molecule has 0 fully saturated rings. The number of aliphatic imine (C=N–C) groups is 1. The number of fused-ring (bicyclic) bond motifs is 1. The van der Waals surface area contributed by atoms with Crippen molar-refractivity contribution in [3.63, 3.8) is 0 Å². The number of halogens is 1. The third-order valence-electron chi connectivity index (χ3n) is 5.54. The van der Waals surface area contributed by atoms with Gasteiger partial charge in [-0.2, -0.15) is 0 Å². The highest BCUT2D eigenvalue weighted by atomic mass is 79.9. The number of thioether (sulfide) groups is 1. The Morgan fingerprint density at radius 3 is 2.12 bits per heavy atom. The lowest BCUT2D eigenvalue weighted by Crippen LogP contribution is -2.38. The van der Waals surface area contributed by atoms with Crippen molar-refractivity contribution in [2.45, 2.75) is 64.7 Å². The minimum Gasteiger partial charge on any atom is -0.298 e. The van der Waals surface area contributed by atoms with Crippen molar-refractivity contribution in [1.82, 2.24) is 10.9 Å². The Balaban J connectivity index is 0.00000225. The lowest BCUT2D eigenvalue weighted by atomic mass is 9.62. The predicted molar refractivity (Wildman–Crippen MR) is 117 cm³/mol. The fourth-order valence-corrected chi connectivity index (χ4v) is 4.37. The van der Waals surface area contributed by atoms with Crippen LogP contribution in [0.15, 0.2) is 22.5 Å². The molecule has 0 unspecified atom stereocenters. The molecule has 0 saturated heterocycles. The van der Waals surface area contributed by atoms with Gasteiger partial charge in [-0.05, 0) is 52.8 Å². The third kappa shape index (κ3) is 3.77. The maximum absolute atomic E-state index is 4.19. The maximum atomic E-state index is 4.19. The zero-order chi connectivity index (χ0) is 17.5. The van der Waals surface area contributed by atoms with Gasteiger partial charge in [0, 0.05) is 18.0 Å². The van der Waals surface area contributed by atoms with Gasteiger partial charge in [-0.15, -0.1) is 17.0 Å². The predicted octanol–water partition coefficient (Wildman–Crippen LogP) is 5.30. The van der Waals surface area contributed by atoms with E-state index in [9.17, 15) is 0 Å². The van der Waals surface area contributed by atoms with Gasteiger partial charge in [-0.25, -0.2) is 0 Å². The van der Waals surface area contributed by atoms with Crippen molar-refractivity contribution in [3.8, 4) is 0 Å². The first kappa shape index (κ1) is 20.4. The van der Waals surface area contributed by atoms with Crippen LogP contribution in [0.25, 0.3) is 5.70 Å². The molecule has 0 aromatic heterocycles. The Morgan fingerprint density at radius 1 is 1.04 bits per heavy atom. The number of hydrogen-bond donors (Lipinski definition) is 2. The normalized spacial score (nSPS) is 22.2. The van der Waals surface area contributed by atoms with E-state index in [1.54, 1.807) is 18.8 Å². The largest absolute Gasteiger partial charge is 0.298 e. The van der Waals surface area contributed by atoms with E-state index < -0.39 is 0 Å². The number of benzene rings is 1. The summed E-state index contributed by atoms with van der Waals surface area (Å²) in [5, 5.41) is 3.07. The zero-order valence-electron chi connectivity index (χ0n) is 16.1. The van der Waals surface area contributed by atoms with Crippen LogP contribution in [0.3, 0.4) is 0 Å². The van der Waals surface area contributed by atoms with Gasteiger partial charge in [0.05, 0.1) is 5.70 Å². The maximum Gasteiger partial charge on any atom is 0.179 e. The lowest BCUT2D eigenvalue weighted by molar-refractivity contribution is 0.331. The molecule has 0 spiro atoms. The molecule has 0 radical (unpaired) electrons. The molecule has 1 aliphatic carbocycles. The van der Waals surface area contributed by atoms with Crippen LogP contribution in [0.5, 0.6) is 0 Å². The molecular weight excluding hydrogens is 394 g/mol. The van der Waals surface area contributed by atoms with E-state index in [-0.39, 0.29) is 27.8 Å². The van der Waals surface area contributed by atoms with Gasteiger partial charge in [0.1, 0.15) is 0 Å². The van der Waals surface area contributed by atoms with Crippen LogP contribution < -0.4 is 10.9 Å². The second kappa shape index (κ2) is 7.36.